The Morgan fingerprint density at radius 2 is 2.06 bits per heavy atom. The van der Waals surface area contributed by atoms with Crippen LogP contribution in [0.1, 0.15) is 22.8 Å². The number of amides is 2. The number of nitrogens with two attached hydrogens (primary N) is 1. The Balaban J connectivity index is 1.81. The van der Waals surface area contributed by atoms with E-state index in [1.165, 1.54) is 35.1 Å². The monoisotopic (exact) mass is 466 g/mol. The van der Waals surface area contributed by atoms with E-state index < -0.39 is 48.9 Å². The van der Waals surface area contributed by atoms with Gasteiger partial charge in [0.2, 0.25) is 0 Å². The molecule has 2 aromatic rings. The van der Waals surface area contributed by atoms with E-state index in [9.17, 15) is 28.0 Å². The summed E-state index contributed by atoms with van der Waals surface area (Å²) in [5.41, 5.74) is 5.87. The highest BCUT2D eigenvalue weighted by molar-refractivity contribution is 5.98. The van der Waals surface area contributed by atoms with Gasteiger partial charge in [-0.05, 0) is 30.7 Å². The van der Waals surface area contributed by atoms with E-state index in [2.05, 4.69) is 21.2 Å². The lowest BCUT2D eigenvalue weighted by Gasteiger charge is -2.35. The Kier molecular flexibility index (Phi) is 7.07. The summed E-state index contributed by atoms with van der Waals surface area (Å²) in [7, 11) is 0. The fourth-order valence-electron chi connectivity index (χ4n) is 3.32. The van der Waals surface area contributed by atoms with Crippen LogP contribution >= 0.6 is 0 Å². The zero-order valence-corrected chi connectivity index (χ0v) is 17.2. The average molecular weight is 466 g/mol. The minimum atomic E-state index is -3.57. The number of hydrogen-bond donors (Lipinski definition) is 3. The Morgan fingerprint density at radius 3 is 2.67 bits per heavy atom. The molecule has 13 heteroatoms. The number of carbonyl (C=O) groups is 2. The number of aliphatic hydroxyl groups excluding tert-OH is 1. The number of hydrogen-bond acceptors (Lipinski definition) is 7. The van der Waals surface area contributed by atoms with Crippen LogP contribution in [0.4, 0.5) is 29.5 Å². The van der Waals surface area contributed by atoms with E-state index in [1.807, 2.05) is 0 Å². The SMILES string of the molecule is N#CC1CCN(C(=O)OCC(F)(F)CO)C[C@H]1n1cc(C(N)=O)c(Nc2ccc(F)cc2)n1. The predicted octanol–water partition coefficient (Wildman–Crippen LogP) is 2.02. The molecule has 1 saturated heterocycles. The second-order valence-electron chi connectivity index (χ2n) is 7.47. The van der Waals surface area contributed by atoms with E-state index in [0.29, 0.717) is 5.69 Å². The number of nitrogens with zero attached hydrogens (tertiary/aromatic N) is 4. The topological polar surface area (TPSA) is 146 Å². The number of anilines is 2. The van der Waals surface area contributed by atoms with Crippen molar-refractivity contribution in [3.63, 3.8) is 0 Å². The molecule has 3 rings (SSSR count). The molecule has 2 atom stereocenters. The van der Waals surface area contributed by atoms with Gasteiger partial charge < -0.3 is 25.8 Å². The fraction of sp³-hybridized carbons (Fsp3) is 0.400. The van der Waals surface area contributed by atoms with Crippen LogP contribution in [0.2, 0.25) is 0 Å². The maximum absolute atomic E-state index is 13.2. The zero-order valence-electron chi connectivity index (χ0n) is 17.2. The molecule has 1 aromatic carbocycles. The molecule has 2 amide bonds. The molecule has 0 saturated carbocycles. The summed E-state index contributed by atoms with van der Waals surface area (Å²) in [4.78, 5) is 25.3. The van der Waals surface area contributed by atoms with Crippen molar-refractivity contribution in [3.8, 4) is 6.07 Å². The van der Waals surface area contributed by atoms with E-state index in [-0.39, 0.29) is 30.9 Å². The quantitative estimate of drug-likeness (QED) is 0.566. The molecule has 0 radical (unpaired) electrons. The molecule has 10 nitrogen and oxygen atoms in total. The van der Waals surface area contributed by atoms with Gasteiger partial charge in [0.05, 0.1) is 18.0 Å². The Hall–Kier alpha value is -3.79. The zero-order chi connectivity index (χ0) is 24.2. The molecule has 0 aliphatic carbocycles. The number of ether oxygens (including phenoxy) is 1. The molecule has 1 aliphatic heterocycles. The predicted molar refractivity (Wildman–Crippen MR) is 108 cm³/mol. The standard InChI is InChI=1S/C20H21F3N6O4/c21-13-1-3-14(4-2-13)26-18-15(17(25)31)8-29(27-18)16-9-28(6-5-12(16)7-24)19(32)33-11-20(22,23)10-30/h1-4,8,12,16,30H,5-6,9-11H2,(H2,25,31)(H,26,27)/t12?,16-/m1/s1. The first-order chi connectivity index (χ1) is 15.6. The van der Waals surface area contributed by atoms with Gasteiger partial charge in [-0.25, -0.2) is 18.0 Å². The first-order valence-electron chi connectivity index (χ1n) is 9.85. The summed E-state index contributed by atoms with van der Waals surface area (Å²) in [6, 6.07) is 6.67. The number of primary amides is 1. The minimum absolute atomic E-state index is 0.00157. The highest BCUT2D eigenvalue weighted by atomic mass is 19.3. The average Bonchev–Trinajstić information content (AvgIpc) is 3.22. The third kappa shape index (κ3) is 5.72. The molecule has 0 spiro atoms. The maximum atomic E-state index is 13.2. The molecular formula is C20H21F3N6O4. The molecule has 2 heterocycles. The molecule has 0 bridgehead atoms. The van der Waals surface area contributed by atoms with Crippen molar-refractivity contribution in [2.75, 3.05) is 31.6 Å². The number of halogens is 3. The number of aliphatic hydroxyl groups is 1. The molecule has 4 N–H and O–H groups in total. The van der Waals surface area contributed by atoms with Crippen LogP contribution in [0.3, 0.4) is 0 Å². The highest BCUT2D eigenvalue weighted by Gasteiger charge is 2.36. The number of nitrogens with one attached hydrogen (secondary N) is 1. The summed E-state index contributed by atoms with van der Waals surface area (Å²) >= 11 is 0. The van der Waals surface area contributed by atoms with Crippen molar-refractivity contribution in [1.29, 1.82) is 5.26 Å². The van der Waals surface area contributed by atoms with Crippen LogP contribution in [-0.2, 0) is 4.74 Å². The van der Waals surface area contributed by atoms with Gasteiger partial charge in [0.25, 0.3) is 5.91 Å². The maximum Gasteiger partial charge on any atom is 0.410 e. The number of alkyl halides is 2. The van der Waals surface area contributed by atoms with Crippen LogP contribution in [0, 0.1) is 23.1 Å². The summed E-state index contributed by atoms with van der Waals surface area (Å²) in [6.45, 7) is -2.77. The molecule has 1 aliphatic rings. The van der Waals surface area contributed by atoms with E-state index in [4.69, 9.17) is 10.8 Å². The minimum Gasteiger partial charge on any atom is -0.443 e. The lowest BCUT2D eigenvalue weighted by atomic mass is 9.93. The van der Waals surface area contributed by atoms with Crippen LogP contribution < -0.4 is 11.1 Å². The molecule has 1 unspecified atom stereocenters. The lowest BCUT2D eigenvalue weighted by Crippen LogP contribution is -2.45. The van der Waals surface area contributed by atoms with Crippen LogP contribution in [-0.4, -0.2) is 64.0 Å². The molecular weight excluding hydrogens is 445 g/mol. The normalized spacial score (nSPS) is 18.5. The van der Waals surface area contributed by atoms with Crippen molar-refractivity contribution >= 4 is 23.5 Å². The molecule has 1 aromatic heterocycles. The first-order valence-corrected chi connectivity index (χ1v) is 9.85. The number of aromatic nitrogens is 2. The second kappa shape index (κ2) is 9.78. The van der Waals surface area contributed by atoms with Crippen LogP contribution in [0.15, 0.2) is 30.5 Å². The smallest absolute Gasteiger partial charge is 0.410 e. The number of rotatable bonds is 7. The van der Waals surface area contributed by atoms with Gasteiger partial charge in [-0.2, -0.15) is 10.4 Å². The van der Waals surface area contributed by atoms with E-state index in [0.717, 1.165) is 4.90 Å². The number of benzene rings is 1. The number of carbonyl (C=O) groups excluding carboxylic acids is 2. The third-order valence-corrected chi connectivity index (χ3v) is 5.09. The lowest BCUT2D eigenvalue weighted by molar-refractivity contribution is -0.0943. The van der Waals surface area contributed by atoms with Gasteiger partial charge >= 0.3 is 12.0 Å². The van der Waals surface area contributed by atoms with Gasteiger partial charge in [-0.3, -0.25) is 9.48 Å². The Labute approximate surface area is 186 Å². The van der Waals surface area contributed by atoms with Crippen molar-refractivity contribution in [3.05, 3.63) is 41.8 Å². The Morgan fingerprint density at radius 1 is 1.36 bits per heavy atom. The largest absolute Gasteiger partial charge is 0.443 e. The molecule has 176 valence electrons. The number of nitriles is 1. The first kappa shape index (κ1) is 23.9. The third-order valence-electron chi connectivity index (χ3n) is 5.09. The summed E-state index contributed by atoms with van der Waals surface area (Å²) in [5, 5.41) is 25.3. The summed E-state index contributed by atoms with van der Waals surface area (Å²) in [5.74, 6) is -5.37. The van der Waals surface area contributed by atoms with Crippen molar-refractivity contribution in [1.82, 2.24) is 14.7 Å². The van der Waals surface area contributed by atoms with E-state index in [1.54, 1.807) is 0 Å². The van der Waals surface area contributed by atoms with Gasteiger partial charge in [0, 0.05) is 25.0 Å². The number of likely N-dealkylation sites (tertiary alicyclic amines) is 1. The van der Waals surface area contributed by atoms with Gasteiger partial charge in [0.15, 0.2) is 12.4 Å². The molecule has 33 heavy (non-hydrogen) atoms. The summed E-state index contributed by atoms with van der Waals surface area (Å²) < 4.78 is 45.4. The van der Waals surface area contributed by atoms with E-state index >= 15 is 0 Å². The van der Waals surface area contributed by atoms with Gasteiger partial charge in [-0.1, -0.05) is 0 Å². The fourth-order valence-corrected chi connectivity index (χ4v) is 3.32. The van der Waals surface area contributed by atoms with Gasteiger partial charge in [-0.15, -0.1) is 0 Å². The van der Waals surface area contributed by atoms with Crippen molar-refractivity contribution in [2.24, 2.45) is 11.7 Å². The summed E-state index contributed by atoms with van der Waals surface area (Å²) in [6.07, 6.45) is 0.494. The second-order valence-corrected chi connectivity index (χ2v) is 7.47. The Bertz CT molecular complexity index is 1050. The highest BCUT2D eigenvalue weighted by Crippen LogP contribution is 2.30. The van der Waals surface area contributed by atoms with Crippen molar-refractivity contribution in [2.45, 2.75) is 18.4 Å². The van der Waals surface area contributed by atoms with Gasteiger partial charge in [0.1, 0.15) is 18.0 Å². The van der Waals surface area contributed by atoms with Crippen LogP contribution in [0.5, 0.6) is 0 Å². The molecule has 1 fully saturated rings. The van der Waals surface area contributed by atoms with Crippen molar-refractivity contribution < 1.29 is 32.6 Å². The van der Waals surface area contributed by atoms with Crippen LogP contribution in [0.25, 0.3) is 0 Å². The number of piperidine rings is 1.